The smallest absolute Gasteiger partial charge is 0.406 e. The van der Waals surface area contributed by atoms with E-state index in [1.165, 1.54) is 46.4 Å². The van der Waals surface area contributed by atoms with Gasteiger partial charge in [0.25, 0.3) is 0 Å². The van der Waals surface area contributed by atoms with Crippen molar-refractivity contribution in [2.24, 2.45) is 4.99 Å². The highest BCUT2D eigenvalue weighted by Gasteiger charge is 2.40. The lowest BCUT2D eigenvalue weighted by Crippen LogP contribution is -2.37. The molecule has 8 nitrogen and oxygen atoms in total. The largest absolute Gasteiger partial charge is 0.573 e. The van der Waals surface area contributed by atoms with Gasteiger partial charge in [0.15, 0.2) is 11.0 Å². The number of thioether (sulfide) groups is 1. The summed E-state index contributed by atoms with van der Waals surface area (Å²) in [6.45, 7) is 7.28. The Morgan fingerprint density at radius 1 is 1.09 bits per heavy atom. The standard InChI is InChI=1S/C33H33F3N6O2S/c1-20(2)26-14-5-21(3)17-29(26)41-15-4-16-45-32(41)39-31(43)38-28-18-27(28)22-6-8-23(9-7-22)30-37-19-42(40-30)24-10-12-25(13-11-24)44-33(34,35)36/h5-14,17,19-20,27-28H,4,15-16,18H2,1-3H3,(H,38,43)/b39-32-. The molecule has 45 heavy (non-hydrogen) atoms. The number of carbonyl (C=O) groups excluding carboxylic acids is 1. The van der Waals surface area contributed by atoms with Gasteiger partial charge in [-0.25, -0.2) is 14.5 Å². The molecule has 2 unspecified atom stereocenters. The van der Waals surface area contributed by atoms with Crippen LogP contribution in [0.1, 0.15) is 55.2 Å². The predicted molar refractivity (Wildman–Crippen MR) is 170 cm³/mol. The molecule has 0 spiro atoms. The van der Waals surface area contributed by atoms with Gasteiger partial charge in [-0.2, -0.15) is 4.99 Å². The Hall–Kier alpha value is -4.32. The summed E-state index contributed by atoms with van der Waals surface area (Å²) < 4.78 is 42.7. The van der Waals surface area contributed by atoms with Crippen LogP contribution in [0.15, 0.2) is 78.0 Å². The van der Waals surface area contributed by atoms with E-state index in [0.717, 1.165) is 47.1 Å². The number of nitrogens with zero attached hydrogens (tertiary/aromatic N) is 5. The van der Waals surface area contributed by atoms with Crippen molar-refractivity contribution in [3.05, 3.63) is 89.7 Å². The van der Waals surface area contributed by atoms with Crippen LogP contribution in [0.25, 0.3) is 17.1 Å². The fourth-order valence-corrected chi connectivity index (χ4v) is 6.40. The second kappa shape index (κ2) is 12.6. The molecular formula is C33H33F3N6O2S. The third-order valence-electron chi connectivity index (χ3n) is 7.81. The molecule has 1 aliphatic carbocycles. The number of amides is 2. The maximum Gasteiger partial charge on any atom is 0.573 e. The lowest BCUT2D eigenvalue weighted by molar-refractivity contribution is -0.274. The number of carbonyl (C=O) groups is 1. The zero-order valence-electron chi connectivity index (χ0n) is 25.1. The van der Waals surface area contributed by atoms with Crippen LogP contribution in [-0.2, 0) is 0 Å². The van der Waals surface area contributed by atoms with Crippen LogP contribution < -0.4 is 15.0 Å². The molecule has 1 saturated heterocycles. The van der Waals surface area contributed by atoms with Gasteiger partial charge in [0.1, 0.15) is 12.1 Å². The average Bonchev–Trinajstić information content (AvgIpc) is 3.58. The molecular weight excluding hydrogens is 601 g/mol. The number of hydrogen-bond acceptors (Lipinski definition) is 5. The van der Waals surface area contributed by atoms with Gasteiger partial charge in [0, 0.05) is 35.5 Å². The molecule has 4 aromatic rings. The van der Waals surface area contributed by atoms with E-state index in [2.05, 4.69) is 69.0 Å². The average molecular weight is 635 g/mol. The normalized spacial score (nSPS) is 19.2. The first-order valence-corrected chi connectivity index (χ1v) is 15.8. The van der Waals surface area contributed by atoms with Crippen molar-refractivity contribution in [3.8, 4) is 22.8 Å². The molecule has 3 aromatic carbocycles. The summed E-state index contributed by atoms with van der Waals surface area (Å²) in [5.74, 6) is 1.67. The van der Waals surface area contributed by atoms with Crippen LogP contribution >= 0.6 is 11.8 Å². The molecule has 2 fully saturated rings. The lowest BCUT2D eigenvalue weighted by Gasteiger charge is -2.32. The molecule has 2 heterocycles. The van der Waals surface area contributed by atoms with Gasteiger partial charge >= 0.3 is 12.4 Å². The maximum atomic E-state index is 13.0. The first-order valence-electron chi connectivity index (χ1n) is 14.8. The number of aromatic nitrogens is 3. The number of urea groups is 1. The number of aliphatic imine (C=N–C) groups is 1. The first kappa shape index (κ1) is 30.7. The topological polar surface area (TPSA) is 84.6 Å². The fourth-order valence-electron chi connectivity index (χ4n) is 5.45. The summed E-state index contributed by atoms with van der Waals surface area (Å²) in [5, 5.41) is 8.30. The molecule has 2 amide bonds. The van der Waals surface area contributed by atoms with Crippen molar-refractivity contribution in [1.82, 2.24) is 20.1 Å². The Bertz CT molecular complexity index is 1700. The molecule has 0 bridgehead atoms. The molecule has 1 aliphatic heterocycles. The van der Waals surface area contributed by atoms with Gasteiger partial charge in [-0.15, -0.1) is 18.3 Å². The van der Waals surface area contributed by atoms with Crippen LogP contribution in [0.2, 0.25) is 0 Å². The molecule has 2 atom stereocenters. The molecule has 234 valence electrons. The van der Waals surface area contributed by atoms with Crippen LogP contribution in [0.3, 0.4) is 0 Å². The van der Waals surface area contributed by atoms with Crippen molar-refractivity contribution in [2.75, 3.05) is 17.2 Å². The third-order valence-corrected chi connectivity index (χ3v) is 8.87. The molecule has 6 rings (SSSR count). The molecule has 2 aliphatic rings. The van der Waals surface area contributed by atoms with E-state index in [4.69, 9.17) is 0 Å². The quantitative estimate of drug-likeness (QED) is 0.223. The SMILES string of the molecule is Cc1ccc(C(C)C)c(N2CCCS/C2=N\C(=O)NC2CC2c2ccc(-c3ncn(-c4ccc(OC(F)(F)F)cc4)n3)cc2)c1. The molecule has 1 aromatic heterocycles. The Balaban J connectivity index is 1.08. The summed E-state index contributed by atoms with van der Waals surface area (Å²) in [7, 11) is 0. The highest BCUT2D eigenvalue weighted by Crippen LogP contribution is 2.41. The second-order valence-electron chi connectivity index (χ2n) is 11.5. The number of hydrogen-bond donors (Lipinski definition) is 1. The number of nitrogens with one attached hydrogen (secondary N) is 1. The van der Waals surface area contributed by atoms with E-state index in [0.29, 0.717) is 17.4 Å². The maximum absolute atomic E-state index is 13.0. The van der Waals surface area contributed by atoms with E-state index in [1.807, 2.05) is 24.3 Å². The monoisotopic (exact) mass is 634 g/mol. The van der Waals surface area contributed by atoms with Crippen molar-refractivity contribution in [3.63, 3.8) is 0 Å². The highest BCUT2D eigenvalue weighted by atomic mass is 32.2. The zero-order chi connectivity index (χ0) is 31.7. The number of ether oxygens (including phenoxy) is 1. The summed E-state index contributed by atoms with van der Waals surface area (Å²) >= 11 is 1.62. The lowest BCUT2D eigenvalue weighted by atomic mass is 9.98. The van der Waals surface area contributed by atoms with Gasteiger partial charge in [-0.05, 0) is 72.7 Å². The summed E-state index contributed by atoms with van der Waals surface area (Å²) in [4.78, 5) is 24.1. The zero-order valence-corrected chi connectivity index (χ0v) is 25.9. The minimum atomic E-state index is -4.75. The van der Waals surface area contributed by atoms with Gasteiger partial charge in [0.05, 0.1) is 5.69 Å². The van der Waals surface area contributed by atoms with E-state index in [9.17, 15) is 18.0 Å². The number of benzene rings is 3. The third kappa shape index (κ3) is 7.33. The van der Waals surface area contributed by atoms with Crippen LogP contribution in [-0.4, -0.2) is 50.7 Å². The van der Waals surface area contributed by atoms with Crippen molar-refractivity contribution in [2.45, 2.75) is 57.9 Å². The van der Waals surface area contributed by atoms with Gasteiger partial charge in [-0.1, -0.05) is 62.0 Å². The number of anilines is 1. The fraction of sp³-hybridized carbons (Fsp3) is 0.333. The van der Waals surface area contributed by atoms with Crippen molar-refractivity contribution in [1.29, 1.82) is 0 Å². The first-order chi connectivity index (χ1) is 21.5. The van der Waals surface area contributed by atoms with Crippen LogP contribution in [0.4, 0.5) is 23.7 Å². The highest BCUT2D eigenvalue weighted by molar-refractivity contribution is 8.14. The number of amidine groups is 1. The van der Waals surface area contributed by atoms with E-state index in [1.54, 1.807) is 11.8 Å². The predicted octanol–water partition coefficient (Wildman–Crippen LogP) is 7.83. The molecule has 0 radical (unpaired) electrons. The van der Waals surface area contributed by atoms with E-state index in [-0.39, 0.29) is 23.7 Å². The summed E-state index contributed by atoms with van der Waals surface area (Å²) in [5.41, 5.74) is 6.00. The van der Waals surface area contributed by atoms with Crippen LogP contribution in [0, 0.1) is 6.92 Å². The van der Waals surface area contributed by atoms with E-state index >= 15 is 0 Å². The Kier molecular flexibility index (Phi) is 8.59. The van der Waals surface area contributed by atoms with Gasteiger partial charge in [0.2, 0.25) is 0 Å². The Morgan fingerprint density at radius 3 is 2.56 bits per heavy atom. The molecule has 12 heteroatoms. The Labute approximate surface area is 263 Å². The summed E-state index contributed by atoms with van der Waals surface area (Å²) in [6.07, 6.45) is -1.38. The second-order valence-corrected chi connectivity index (χ2v) is 12.6. The minimum Gasteiger partial charge on any atom is -0.406 e. The minimum absolute atomic E-state index is 0.0153. The molecule has 1 saturated carbocycles. The van der Waals surface area contributed by atoms with Crippen molar-refractivity contribution < 1.29 is 22.7 Å². The Morgan fingerprint density at radius 2 is 1.84 bits per heavy atom. The van der Waals surface area contributed by atoms with Gasteiger partial charge < -0.3 is 15.0 Å². The number of aryl methyl sites for hydroxylation is 1. The van der Waals surface area contributed by atoms with Crippen molar-refractivity contribution >= 4 is 28.6 Å². The number of rotatable bonds is 7. The summed E-state index contributed by atoms with van der Waals surface area (Å²) in [6, 6.07) is 19.5. The molecule has 1 N–H and O–H groups in total. The van der Waals surface area contributed by atoms with Crippen LogP contribution in [0.5, 0.6) is 5.75 Å². The number of alkyl halides is 3. The number of halogens is 3. The van der Waals surface area contributed by atoms with Gasteiger partial charge in [-0.3, -0.25) is 0 Å². The van der Waals surface area contributed by atoms with E-state index < -0.39 is 6.36 Å².